The maximum Gasteiger partial charge on any atom is 0.270 e. The number of imidazole rings is 1. The van der Waals surface area contributed by atoms with Gasteiger partial charge >= 0.3 is 0 Å². The summed E-state index contributed by atoms with van der Waals surface area (Å²) < 4.78 is 12.4. The molecule has 1 amide bonds. The molecule has 0 aliphatic rings. The molecule has 0 radical (unpaired) electrons. The Bertz CT molecular complexity index is 962. The van der Waals surface area contributed by atoms with Gasteiger partial charge in [0.05, 0.1) is 26.0 Å². The predicted octanol–water partition coefficient (Wildman–Crippen LogP) is 3.46. The molecule has 0 aliphatic carbocycles. The van der Waals surface area contributed by atoms with Crippen molar-refractivity contribution in [2.75, 3.05) is 14.2 Å². The predicted molar refractivity (Wildman–Crippen MR) is 100 cm³/mol. The smallest absolute Gasteiger partial charge is 0.270 e. The van der Waals surface area contributed by atoms with Gasteiger partial charge in [-0.15, -0.1) is 0 Å². The largest absolute Gasteiger partial charge is 0.493 e. The molecular formula is C20H23N3O3. The van der Waals surface area contributed by atoms with Gasteiger partial charge in [-0.05, 0) is 50.1 Å². The second kappa shape index (κ2) is 7.07. The average Bonchev–Trinajstić information content (AvgIpc) is 2.95. The average molecular weight is 353 g/mol. The molecule has 0 bridgehead atoms. The van der Waals surface area contributed by atoms with Crippen LogP contribution >= 0.6 is 0 Å². The van der Waals surface area contributed by atoms with Crippen molar-refractivity contribution in [2.24, 2.45) is 0 Å². The van der Waals surface area contributed by atoms with Crippen molar-refractivity contribution >= 4 is 11.6 Å². The van der Waals surface area contributed by atoms with E-state index in [4.69, 9.17) is 9.47 Å². The Balaban J connectivity index is 1.88. The van der Waals surface area contributed by atoms with Gasteiger partial charge in [0.2, 0.25) is 0 Å². The van der Waals surface area contributed by atoms with Crippen molar-refractivity contribution in [2.45, 2.75) is 26.8 Å². The first kappa shape index (κ1) is 17.8. The van der Waals surface area contributed by atoms with Crippen LogP contribution < -0.4 is 14.8 Å². The summed E-state index contributed by atoms with van der Waals surface area (Å²) in [5.74, 6) is 1.12. The number of hydrogen-bond acceptors (Lipinski definition) is 4. The lowest BCUT2D eigenvalue weighted by molar-refractivity contribution is 0.0933. The lowest BCUT2D eigenvalue weighted by Gasteiger charge is -2.17. The van der Waals surface area contributed by atoms with E-state index in [9.17, 15) is 4.79 Å². The SMILES string of the molecule is COc1ccc(C(C)NC(=O)c2c(C)nc3ccc(C)cn23)cc1OC. The summed E-state index contributed by atoms with van der Waals surface area (Å²) in [6.45, 7) is 5.77. The van der Waals surface area contributed by atoms with Gasteiger partial charge in [-0.3, -0.25) is 9.20 Å². The topological polar surface area (TPSA) is 64.9 Å². The standard InChI is InChI=1S/C20H23N3O3/c1-12-6-9-18-21-14(3)19(23(18)11-12)20(24)22-13(2)15-7-8-16(25-4)17(10-15)26-5/h6-11,13H,1-5H3,(H,22,24). The minimum absolute atomic E-state index is 0.164. The number of rotatable bonds is 5. The first-order chi connectivity index (χ1) is 12.4. The normalized spacial score (nSPS) is 12.0. The minimum atomic E-state index is -0.197. The van der Waals surface area contributed by atoms with Crippen LogP contribution in [0.15, 0.2) is 36.5 Å². The third-order valence-electron chi connectivity index (χ3n) is 4.41. The van der Waals surface area contributed by atoms with E-state index < -0.39 is 0 Å². The highest BCUT2D eigenvalue weighted by atomic mass is 16.5. The van der Waals surface area contributed by atoms with Crippen LogP contribution in [0.3, 0.4) is 0 Å². The molecule has 1 unspecified atom stereocenters. The molecule has 0 saturated heterocycles. The Kier molecular flexibility index (Phi) is 4.84. The van der Waals surface area contributed by atoms with Gasteiger partial charge in [0.25, 0.3) is 5.91 Å². The number of aryl methyl sites for hydroxylation is 2. The van der Waals surface area contributed by atoms with Crippen molar-refractivity contribution < 1.29 is 14.3 Å². The van der Waals surface area contributed by atoms with E-state index in [2.05, 4.69) is 10.3 Å². The number of carbonyl (C=O) groups excluding carboxylic acids is 1. The number of ether oxygens (including phenoxy) is 2. The molecule has 6 heteroatoms. The van der Waals surface area contributed by atoms with E-state index in [1.165, 1.54) is 0 Å². The van der Waals surface area contributed by atoms with Crippen molar-refractivity contribution in [3.05, 3.63) is 59.0 Å². The molecule has 1 N–H and O–H groups in total. The van der Waals surface area contributed by atoms with Crippen LogP contribution in [-0.2, 0) is 0 Å². The second-order valence-electron chi connectivity index (χ2n) is 6.29. The highest BCUT2D eigenvalue weighted by Gasteiger charge is 2.19. The van der Waals surface area contributed by atoms with Crippen LogP contribution in [0, 0.1) is 13.8 Å². The van der Waals surface area contributed by atoms with Gasteiger partial charge < -0.3 is 14.8 Å². The monoisotopic (exact) mass is 353 g/mol. The van der Waals surface area contributed by atoms with E-state index in [1.54, 1.807) is 14.2 Å². The van der Waals surface area contributed by atoms with Gasteiger partial charge in [0.15, 0.2) is 11.5 Å². The number of amides is 1. The molecule has 1 aromatic carbocycles. The van der Waals surface area contributed by atoms with Gasteiger partial charge in [-0.25, -0.2) is 4.98 Å². The van der Waals surface area contributed by atoms with Crippen LogP contribution in [0.25, 0.3) is 5.65 Å². The first-order valence-electron chi connectivity index (χ1n) is 8.42. The number of methoxy groups -OCH3 is 2. The lowest BCUT2D eigenvalue weighted by atomic mass is 10.1. The number of benzene rings is 1. The van der Waals surface area contributed by atoms with Gasteiger partial charge in [-0.1, -0.05) is 12.1 Å². The quantitative estimate of drug-likeness (QED) is 0.763. The van der Waals surface area contributed by atoms with E-state index >= 15 is 0 Å². The number of fused-ring (bicyclic) bond motifs is 1. The Hall–Kier alpha value is -3.02. The molecule has 26 heavy (non-hydrogen) atoms. The lowest BCUT2D eigenvalue weighted by Crippen LogP contribution is -2.28. The van der Waals surface area contributed by atoms with Crippen LogP contribution in [0.4, 0.5) is 0 Å². The molecule has 0 aliphatic heterocycles. The third kappa shape index (κ3) is 3.22. The number of nitrogens with one attached hydrogen (secondary N) is 1. The molecule has 0 fully saturated rings. The molecule has 2 aromatic heterocycles. The van der Waals surface area contributed by atoms with Gasteiger partial charge in [0, 0.05) is 6.20 Å². The van der Waals surface area contributed by atoms with Gasteiger partial charge in [-0.2, -0.15) is 0 Å². The number of carbonyl (C=O) groups is 1. The number of hydrogen-bond donors (Lipinski definition) is 1. The fourth-order valence-corrected chi connectivity index (χ4v) is 3.01. The molecule has 2 heterocycles. The maximum absolute atomic E-state index is 12.9. The third-order valence-corrected chi connectivity index (χ3v) is 4.41. The molecule has 0 spiro atoms. The van der Waals surface area contributed by atoms with Crippen LogP contribution in [0.1, 0.15) is 40.3 Å². The zero-order valence-electron chi connectivity index (χ0n) is 15.7. The Labute approximate surface area is 152 Å². The molecule has 1 atom stereocenters. The minimum Gasteiger partial charge on any atom is -0.493 e. The van der Waals surface area contributed by atoms with Crippen LogP contribution in [0.5, 0.6) is 11.5 Å². The Morgan fingerprint density at radius 3 is 2.54 bits per heavy atom. The number of aromatic nitrogens is 2. The summed E-state index contributed by atoms with van der Waals surface area (Å²) in [6.07, 6.45) is 1.92. The summed E-state index contributed by atoms with van der Waals surface area (Å²) >= 11 is 0. The summed E-state index contributed by atoms with van der Waals surface area (Å²) in [6, 6.07) is 9.32. The molecule has 6 nitrogen and oxygen atoms in total. The Morgan fingerprint density at radius 2 is 1.85 bits per heavy atom. The highest BCUT2D eigenvalue weighted by molar-refractivity contribution is 5.95. The van der Waals surface area contributed by atoms with Crippen molar-refractivity contribution in [3.8, 4) is 11.5 Å². The van der Waals surface area contributed by atoms with E-state index in [-0.39, 0.29) is 11.9 Å². The van der Waals surface area contributed by atoms with Crippen molar-refractivity contribution in [3.63, 3.8) is 0 Å². The van der Waals surface area contributed by atoms with Crippen LogP contribution in [0.2, 0.25) is 0 Å². The highest BCUT2D eigenvalue weighted by Crippen LogP contribution is 2.30. The fraction of sp³-hybridized carbons (Fsp3) is 0.300. The van der Waals surface area contributed by atoms with Crippen molar-refractivity contribution in [1.29, 1.82) is 0 Å². The zero-order chi connectivity index (χ0) is 18.8. The fourth-order valence-electron chi connectivity index (χ4n) is 3.01. The second-order valence-corrected chi connectivity index (χ2v) is 6.29. The first-order valence-corrected chi connectivity index (χ1v) is 8.42. The molecule has 3 aromatic rings. The number of nitrogens with zero attached hydrogens (tertiary/aromatic N) is 2. The summed E-state index contributed by atoms with van der Waals surface area (Å²) in [5.41, 5.74) is 4.01. The molecule has 0 saturated carbocycles. The zero-order valence-corrected chi connectivity index (χ0v) is 15.7. The number of pyridine rings is 1. The summed E-state index contributed by atoms with van der Waals surface area (Å²) in [5, 5.41) is 3.04. The molecule has 3 rings (SSSR count). The van der Waals surface area contributed by atoms with E-state index in [0.29, 0.717) is 22.9 Å². The van der Waals surface area contributed by atoms with Crippen LogP contribution in [-0.4, -0.2) is 29.5 Å². The summed E-state index contributed by atoms with van der Waals surface area (Å²) in [7, 11) is 3.19. The van der Waals surface area contributed by atoms with Crippen molar-refractivity contribution in [1.82, 2.24) is 14.7 Å². The van der Waals surface area contributed by atoms with E-state index in [0.717, 1.165) is 16.8 Å². The molecular weight excluding hydrogens is 330 g/mol. The summed E-state index contributed by atoms with van der Waals surface area (Å²) in [4.78, 5) is 17.4. The van der Waals surface area contributed by atoms with E-state index in [1.807, 2.05) is 61.7 Å². The molecule has 136 valence electrons. The maximum atomic E-state index is 12.9. The Morgan fingerprint density at radius 1 is 1.12 bits per heavy atom. The van der Waals surface area contributed by atoms with Gasteiger partial charge in [0.1, 0.15) is 11.3 Å².